The average Bonchev–Trinajstić information content (AvgIpc) is 3.00. The number of aryl methyl sites for hydroxylation is 2. The quantitative estimate of drug-likeness (QED) is 0.777. The summed E-state index contributed by atoms with van der Waals surface area (Å²) < 4.78 is 7.30. The Bertz CT molecular complexity index is 902. The van der Waals surface area contributed by atoms with E-state index in [0.29, 0.717) is 17.8 Å². The van der Waals surface area contributed by atoms with Gasteiger partial charge in [-0.25, -0.2) is 4.98 Å². The van der Waals surface area contributed by atoms with Gasteiger partial charge >= 0.3 is 0 Å². The number of carbonyl (C=O) groups is 1. The van der Waals surface area contributed by atoms with Crippen LogP contribution in [0.3, 0.4) is 0 Å². The van der Waals surface area contributed by atoms with Gasteiger partial charge in [-0.2, -0.15) is 0 Å². The first-order chi connectivity index (χ1) is 11.9. The van der Waals surface area contributed by atoms with Gasteiger partial charge in [0.2, 0.25) is 0 Å². The molecule has 25 heavy (non-hydrogen) atoms. The number of hydrogen-bond donors (Lipinski definition) is 1. The zero-order valence-electron chi connectivity index (χ0n) is 15.0. The van der Waals surface area contributed by atoms with Crippen molar-refractivity contribution in [3.8, 4) is 0 Å². The van der Waals surface area contributed by atoms with Gasteiger partial charge in [-0.3, -0.25) is 4.79 Å². The Morgan fingerprint density at radius 2 is 1.96 bits per heavy atom. The molecule has 1 aromatic carbocycles. The van der Waals surface area contributed by atoms with E-state index < -0.39 is 5.54 Å². The van der Waals surface area contributed by atoms with Gasteiger partial charge in [-0.15, -0.1) is 0 Å². The van der Waals surface area contributed by atoms with E-state index >= 15 is 0 Å². The molecule has 2 heterocycles. The Morgan fingerprint density at radius 3 is 2.64 bits per heavy atom. The second kappa shape index (κ2) is 6.69. The third kappa shape index (κ3) is 3.28. The number of aromatic nitrogens is 2. The van der Waals surface area contributed by atoms with Gasteiger partial charge < -0.3 is 14.5 Å². The van der Waals surface area contributed by atoms with Gasteiger partial charge in [0, 0.05) is 24.7 Å². The molecule has 0 aliphatic rings. The molecule has 0 saturated heterocycles. The Kier molecular flexibility index (Phi) is 4.59. The largest absolute Gasteiger partial charge is 0.382 e. The molecule has 5 heteroatoms. The highest BCUT2D eigenvalue weighted by Crippen LogP contribution is 2.23. The SMILES string of the molecule is COCC(C)(NC(=O)c1ccn2c(C)cc(C)nc12)c1ccccc1. The number of amides is 1. The lowest BCUT2D eigenvalue weighted by Crippen LogP contribution is -2.46. The molecule has 0 saturated carbocycles. The van der Waals surface area contributed by atoms with Crippen molar-refractivity contribution in [2.24, 2.45) is 0 Å². The molecule has 0 radical (unpaired) electrons. The number of benzene rings is 1. The molecule has 1 unspecified atom stereocenters. The van der Waals surface area contributed by atoms with Crippen LogP contribution in [-0.4, -0.2) is 29.0 Å². The monoisotopic (exact) mass is 337 g/mol. The molecular formula is C20H23N3O2. The lowest BCUT2D eigenvalue weighted by atomic mass is 9.92. The van der Waals surface area contributed by atoms with Crippen LogP contribution in [0.2, 0.25) is 0 Å². The third-order valence-electron chi connectivity index (χ3n) is 4.42. The first-order valence-electron chi connectivity index (χ1n) is 8.27. The number of carbonyl (C=O) groups excluding carboxylic acids is 1. The fourth-order valence-electron chi connectivity index (χ4n) is 3.18. The summed E-state index contributed by atoms with van der Waals surface area (Å²) in [6, 6.07) is 13.6. The van der Waals surface area contributed by atoms with Crippen molar-refractivity contribution in [1.82, 2.24) is 14.7 Å². The van der Waals surface area contributed by atoms with E-state index in [1.807, 2.05) is 73.8 Å². The molecule has 1 amide bonds. The lowest BCUT2D eigenvalue weighted by Gasteiger charge is -2.30. The summed E-state index contributed by atoms with van der Waals surface area (Å²) in [6.07, 6.45) is 1.88. The van der Waals surface area contributed by atoms with Crippen LogP contribution >= 0.6 is 0 Å². The van der Waals surface area contributed by atoms with Crippen molar-refractivity contribution in [2.75, 3.05) is 13.7 Å². The van der Waals surface area contributed by atoms with Gasteiger partial charge in [-0.1, -0.05) is 30.3 Å². The normalized spacial score (nSPS) is 13.6. The highest BCUT2D eigenvalue weighted by molar-refractivity contribution is 6.00. The summed E-state index contributed by atoms with van der Waals surface area (Å²) in [5.41, 5.74) is 3.53. The van der Waals surface area contributed by atoms with Crippen LogP contribution in [0.5, 0.6) is 0 Å². The summed E-state index contributed by atoms with van der Waals surface area (Å²) in [5.74, 6) is -0.164. The molecule has 0 spiro atoms. The van der Waals surface area contributed by atoms with Crippen molar-refractivity contribution < 1.29 is 9.53 Å². The Labute approximate surface area is 147 Å². The van der Waals surface area contributed by atoms with Gasteiger partial charge in [0.25, 0.3) is 5.91 Å². The fraction of sp³-hybridized carbons (Fsp3) is 0.300. The van der Waals surface area contributed by atoms with Crippen LogP contribution in [0, 0.1) is 13.8 Å². The van der Waals surface area contributed by atoms with Crippen LogP contribution in [0.1, 0.15) is 34.2 Å². The van der Waals surface area contributed by atoms with E-state index in [-0.39, 0.29) is 5.91 Å². The van der Waals surface area contributed by atoms with E-state index in [4.69, 9.17) is 4.74 Å². The third-order valence-corrected chi connectivity index (χ3v) is 4.42. The van der Waals surface area contributed by atoms with Gasteiger partial charge in [0.05, 0.1) is 17.7 Å². The predicted octanol–water partition coefficient (Wildman–Crippen LogP) is 3.24. The van der Waals surface area contributed by atoms with E-state index in [1.54, 1.807) is 7.11 Å². The minimum absolute atomic E-state index is 0.164. The summed E-state index contributed by atoms with van der Waals surface area (Å²) in [7, 11) is 1.63. The number of ether oxygens (including phenoxy) is 1. The second-order valence-corrected chi connectivity index (χ2v) is 6.55. The first kappa shape index (κ1) is 17.2. The summed E-state index contributed by atoms with van der Waals surface area (Å²) >= 11 is 0. The maximum Gasteiger partial charge on any atom is 0.255 e. The van der Waals surface area contributed by atoms with E-state index in [2.05, 4.69) is 10.3 Å². The minimum Gasteiger partial charge on any atom is -0.382 e. The standard InChI is InChI=1S/C20H23N3O2/c1-14-12-15(2)23-11-10-17(18(23)21-14)19(24)22-20(3,13-25-4)16-8-6-5-7-9-16/h5-12H,13H2,1-4H3,(H,22,24). The van der Waals surface area contributed by atoms with Crippen LogP contribution in [0.25, 0.3) is 5.65 Å². The van der Waals surface area contributed by atoms with Gasteiger partial charge in [-0.05, 0) is 38.5 Å². The van der Waals surface area contributed by atoms with E-state index in [9.17, 15) is 4.79 Å². The van der Waals surface area contributed by atoms with Crippen molar-refractivity contribution in [3.05, 3.63) is 71.2 Å². The van der Waals surface area contributed by atoms with Crippen LogP contribution in [0.15, 0.2) is 48.7 Å². The summed E-state index contributed by atoms with van der Waals surface area (Å²) in [4.78, 5) is 17.5. The molecule has 0 bridgehead atoms. The number of hydrogen-bond acceptors (Lipinski definition) is 3. The number of nitrogens with zero attached hydrogens (tertiary/aromatic N) is 2. The number of methoxy groups -OCH3 is 1. The van der Waals surface area contributed by atoms with Gasteiger partial charge in [0.15, 0.2) is 0 Å². The van der Waals surface area contributed by atoms with Gasteiger partial charge in [0.1, 0.15) is 5.65 Å². The number of fused-ring (bicyclic) bond motifs is 1. The summed E-state index contributed by atoms with van der Waals surface area (Å²) in [5, 5.41) is 3.13. The average molecular weight is 337 g/mol. The molecule has 0 fully saturated rings. The van der Waals surface area contributed by atoms with Crippen molar-refractivity contribution in [1.29, 1.82) is 0 Å². The van der Waals surface area contributed by atoms with Crippen molar-refractivity contribution in [2.45, 2.75) is 26.3 Å². The van der Waals surface area contributed by atoms with Crippen LogP contribution in [0.4, 0.5) is 0 Å². The molecule has 5 nitrogen and oxygen atoms in total. The molecule has 0 aliphatic carbocycles. The van der Waals surface area contributed by atoms with Crippen molar-refractivity contribution in [3.63, 3.8) is 0 Å². The number of nitrogens with one attached hydrogen (secondary N) is 1. The van der Waals surface area contributed by atoms with E-state index in [0.717, 1.165) is 17.0 Å². The smallest absolute Gasteiger partial charge is 0.255 e. The maximum atomic E-state index is 13.0. The minimum atomic E-state index is -0.625. The molecule has 2 aromatic heterocycles. The highest BCUT2D eigenvalue weighted by atomic mass is 16.5. The molecule has 3 aromatic rings. The highest BCUT2D eigenvalue weighted by Gasteiger charge is 2.30. The zero-order chi connectivity index (χ0) is 18.0. The molecule has 0 aliphatic heterocycles. The van der Waals surface area contributed by atoms with E-state index in [1.165, 1.54) is 0 Å². The van der Waals surface area contributed by atoms with Crippen LogP contribution in [-0.2, 0) is 10.3 Å². The Balaban J connectivity index is 1.98. The first-order valence-corrected chi connectivity index (χ1v) is 8.27. The molecule has 3 rings (SSSR count). The molecular weight excluding hydrogens is 314 g/mol. The second-order valence-electron chi connectivity index (χ2n) is 6.55. The van der Waals surface area contributed by atoms with Crippen LogP contribution < -0.4 is 5.32 Å². The van der Waals surface area contributed by atoms with Crippen molar-refractivity contribution >= 4 is 11.6 Å². The maximum absolute atomic E-state index is 13.0. The molecule has 1 N–H and O–H groups in total. The molecule has 130 valence electrons. The zero-order valence-corrected chi connectivity index (χ0v) is 15.0. The fourth-order valence-corrected chi connectivity index (χ4v) is 3.18. The Morgan fingerprint density at radius 1 is 1.24 bits per heavy atom. The molecule has 1 atom stereocenters. The predicted molar refractivity (Wildman–Crippen MR) is 97.8 cm³/mol. The number of rotatable bonds is 5. The Hall–Kier alpha value is -2.66. The lowest BCUT2D eigenvalue weighted by molar-refractivity contribution is 0.0787. The summed E-state index contributed by atoms with van der Waals surface area (Å²) in [6.45, 7) is 6.27. The topological polar surface area (TPSA) is 55.6 Å².